The lowest BCUT2D eigenvalue weighted by molar-refractivity contribution is 0.0644. The topological polar surface area (TPSA) is 23.5 Å². The summed E-state index contributed by atoms with van der Waals surface area (Å²) in [7, 11) is 2.31. The monoisotopic (exact) mass is 195 g/mol. The summed E-state index contributed by atoms with van der Waals surface area (Å²) in [6.45, 7) is 0. The molecule has 0 aromatic rings. The number of aliphatic hydroxyl groups excluding tert-OH is 1. The molecule has 80 valence electrons. The Hall–Kier alpha value is -0.0800. The van der Waals surface area contributed by atoms with Gasteiger partial charge < -0.3 is 5.11 Å². The van der Waals surface area contributed by atoms with E-state index in [4.69, 9.17) is 0 Å². The van der Waals surface area contributed by atoms with Gasteiger partial charge in [0.25, 0.3) is 0 Å². The van der Waals surface area contributed by atoms with Gasteiger partial charge in [-0.1, -0.05) is 6.42 Å². The molecule has 3 rings (SSSR count). The number of nitrogens with zero attached hydrogens (tertiary/aromatic N) is 1. The minimum Gasteiger partial charge on any atom is -0.393 e. The molecule has 2 aliphatic carbocycles. The zero-order valence-electron chi connectivity index (χ0n) is 9.02. The van der Waals surface area contributed by atoms with Crippen LogP contribution in [0.25, 0.3) is 0 Å². The highest BCUT2D eigenvalue weighted by Gasteiger charge is 2.50. The van der Waals surface area contributed by atoms with E-state index in [1.165, 1.54) is 25.7 Å². The lowest BCUT2D eigenvalue weighted by atomic mass is 9.77. The fourth-order valence-electron chi connectivity index (χ4n) is 4.35. The molecule has 0 aromatic heterocycles. The number of fused-ring (bicyclic) bond motifs is 3. The van der Waals surface area contributed by atoms with Gasteiger partial charge in [-0.3, -0.25) is 4.90 Å². The summed E-state index contributed by atoms with van der Waals surface area (Å²) >= 11 is 0. The first kappa shape index (κ1) is 9.17. The Morgan fingerprint density at radius 1 is 1.00 bits per heavy atom. The van der Waals surface area contributed by atoms with Gasteiger partial charge in [0.1, 0.15) is 0 Å². The minimum atomic E-state index is 0.00370. The molecule has 3 fully saturated rings. The number of hydrogen-bond donors (Lipinski definition) is 1. The van der Waals surface area contributed by atoms with Crippen LogP contribution in [0.2, 0.25) is 0 Å². The van der Waals surface area contributed by atoms with Crippen LogP contribution in [0.15, 0.2) is 0 Å². The predicted octanol–water partition coefficient (Wildman–Crippen LogP) is 1.63. The first-order valence-corrected chi connectivity index (χ1v) is 6.17. The third-order valence-corrected chi connectivity index (χ3v) is 4.96. The Morgan fingerprint density at radius 3 is 2.64 bits per heavy atom. The number of likely N-dealkylation sites (tertiary alicyclic amines) is 1. The number of rotatable bonds is 0. The van der Waals surface area contributed by atoms with Crippen LogP contribution in [0.1, 0.15) is 38.5 Å². The van der Waals surface area contributed by atoms with E-state index in [1.54, 1.807) is 0 Å². The van der Waals surface area contributed by atoms with Gasteiger partial charge >= 0.3 is 0 Å². The van der Waals surface area contributed by atoms with Gasteiger partial charge in [0.15, 0.2) is 0 Å². The fourth-order valence-corrected chi connectivity index (χ4v) is 4.35. The molecule has 1 heterocycles. The maximum Gasteiger partial charge on any atom is 0.0544 e. The highest BCUT2D eigenvalue weighted by Crippen LogP contribution is 2.49. The fraction of sp³-hybridized carbons (Fsp3) is 1.00. The van der Waals surface area contributed by atoms with Crippen LogP contribution < -0.4 is 0 Å². The molecule has 0 bridgehead atoms. The van der Waals surface area contributed by atoms with Gasteiger partial charge in [-0.25, -0.2) is 0 Å². The van der Waals surface area contributed by atoms with Crippen LogP contribution in [-0.4, -0.2) is 35.2 Å². The maximum atomic E-state index is 9.74. The molecule has 0 radical (unpaired) electrons. The highest BCUT2D eigenvalue weighted by molar-refractivity contribution is 5.03. The smallest absolute Gasteiger partial charge is 0.0544 e. The summed E-state index contributed by atoms with van der Waals surface area (Å²) < 4.78 is 0. The second-order valence-electron chi connectivity index (χ2n) is 5.53. The van der Waals surface area contributed by atoms with Crippen molar-refractivity contribution in [3.63, 3.8) is 0 Å². The summed E-state index contributed by atoms with van der Waals surface area (Å²) in [5, 5.41) is 9.74. The molecule has 0 spiro atoms. The molecular formula is C12H21NO. The Morgan fingerprint density at radius 2 is 1.79 bits per heavy atom. The van der Waals surface area contributed by atoms with E-state index in [1.807, 2.05) is 0 Å². The van der Waals surface area contributed by atoms with Gasteiger partial charge in [-0.15, -0.1) is 0 Å². The average Bonchev–Trinajstić information content (AvgIpc) is 2.71. The van der Waals surface area contributed by atoms with E-state index in [-0.39, 0.29) is 6.10 Å². The van der Waals surface area contributed by atoms with E-state index in [9.17, 15) is 5.11 Å². The molecule has 5 unspecified atom stereocenters. The highest BCUT2D eigenvalue weighted by atomic mass is 16.3. The van der Waals surface area contributed by atoms with Crippen molar-refractivity contribution >= 4 is 0 Å². The van der Waals surface area contributed by atoms with Crippen molar-refractivity contribution in [2.75, 3.05) is 7.05 Å². The number of aliphatic hydroxyl groups is 1. The second kappa shape index (κ2) is 3.21. The second-order valence-corrected chi connectivity index (χ2v) is 5.53. The molecule has 2 nitrogen and oxygen atoms in total. The third kappa shape index (κ3) is 1.17. The van der Waals surface area contributed by atoms with Crippen LogP contribution in [0.4, 0.5) is 0 Å². The molecule has 0 amide bonds. The molecule has 1 saturated heterocycles. The van der Waals surface area contributed by atoms with Crippen LogP contribution in [0.5, 0.6) is 0 Å². The van der Waals surface area contributed by atoms with Crippen molar-refractivity contribution in [1.82, 2.24) is 4.90 Å². The molecule has 1 aliphatic heterocycles. The summed E-state index contributed by atoms with van der Waals surface area (Å²) in [6, 6.07) is 1.66. The molecule has 3 aliphatic rings. The first-order chi connectivity index (χ1) is 6.77. The van der Waals surface area contributed by atoms with Crippen LogP contribution in [0, 0.1) is 11.8 Å². The van der Waals surface area contributed by atoms with Gasteiger partial charge in [-0.05, 0) is 51.0 Å². The molecule has 0 aromatic carbocycles. The van der Waals surface area contributed by atoms with Gasteiger partial charge in [0.2, 0.25) is 0 Å². The SMILES string of the molecule is CN1C2CCCC2C2CC(O)CCC21. The Bertz CT molecular complexity index is 228. The van der Waals surface area contributed by atoms with Crippen LogP contribution >= 0.6 is 0 Å². The minimum absolute atomic E-state index is 0.00370. The van der Waals surface area contributed by atoms with Gasteiger partial charge in [0.05, 0.1) is 6.10 Å². The number of hydrogen-bond acceptors (Lipinski definition) is 2. The Balaban J connectivity index is 1.83. The lowest BCUT2D eigenvalue weighted by Crippen LogP contribution is -2.38. The lowest BCUT2D eigenvalue weighted by Gasteiger charge is -2.34. The summed E-state index contributed by atoms with van der Waals surface area (Å²) in [4.78, 5) is 2.63. The van der Waals surface area contributed by atoms with Crippen molar-refractivity contribution in [2.24, 2.45) is 11.8 Å². The normalized spacial score (nSPS) is 53.1. The standard InChI is InChI=1S/C12H21NO/c1-13-11-4-2-3-9(11)10-7-8(14)5-6-12(10)13/h8-12,14H,2-7H2,1H3. The zero-order valence-corrected chi connectivity index (χ0v) is 9.02. The molecule has 2 heteroatoms. The molecule has 5 atom stereocenters. The first-order valence-electron chi connectivity index (χ1n) is 6.17. The summed E-state index contributed by atoms with van der Waals surface area (Å²) in [5.41, 5.74) is 0. The van der Waals surface area contributed by atoms with Crippen molar-refractivity contribution in [2.45, 2.75) is 56.7 Å². The Kier molecular flexibility index (Phi) is 2.10. The molecule has 1 N–H and O–H groups in total. The van der Waals surface area contributed by atoms with Gasteiger partial charge in [0, 0.05) is 12.1 Å². The zero-order chi connectivity index (χ0) is 9.71. The van der Waals surface area contributed by atoms with E-state index in [0.717, 1.165) is 36.8 Å². The van der Waals surface area contributed by atoms with Crippen LogP contribution in [-0.2, 0) is 0 Å². The van der Waals surface area contributed by atoms with E-state index < -0.39 is 0 Å². The van der Waals surface area contributed by atoms with Crippen molar-refractivity contribution in [3.8, 4) is 0 Å². The molecule has 14 heavy (non-hydrogen) atoms. The Labute approximate surface area is 86.3 Å². The van der Waals surface area contributed by atoms with E-state index >= 15 is 0 Å². The van der Waals surface area contributed by atoms with E-state index in [0.29, 0.717) is 0 Å². The van der Waals surface area contributed by atoms with Crippen molar-refractivity contribution in [3.05, 3.63) is 0 Å². The largest absolute Gasteiger partial charge is 0.393 e. The maximum absolute atomic E-state index is 9.74. The molecule has 2 saturated carbocycles. The predicted molar refractivity (Wildman–Crippen MR) is 56.0 cm³/mol. The van der Waals surface area contributed by atoms with Crippen LogP contribution in [0.3, 0.4) is 0 Å². The molecular weight excluding hydrogens is 174 g/mol. The van der Waals surface area contributed by atoms with Gasteiger partial charge in [-0.2, -0.15) is 0 Å². The quantitative estimate of drug-likeness (QED) is 0.635. The van der Waals surface area contributed by atoms with Crippen molar-refractivity contribution < 1.29 is 5.11 Å². The average molecular weight is 195 g/mol. The summed E-state index contributed by atoms with van der Waals surface area (Å²) in [6.07, 6.45) is 7.59. The van der Waals surface area contributed by atoms with Crippen molar-refractivity contribution in [1.29, 1.82) is 0 Å². The third-order valence-electron chi connectivity index (χ3n) is 4.96. The van der Waals surface area contributed by atoms with E-state index in [2.05, 4.69) is 11.9 Å². The summed E-state index contributed by atoms with van der Waals surface area (Å²) in [5.74, 6) is 1.73.